The molecule has 1 atom stereocenters. The van der Waals surface area contributed by atoms with E-state index in [9.17, 15) is 9.90 Å². The number of likely N-dealkylation sites (tertiary alicyclic amines) is 1. The number of aromatic hydroxyl groups is 1. The molecule has 1 amide bonds. The van der Waals surface area contributed by atoms with Crippen LogP contribution in [0.1, 0.15) is 54.3 Å². The summed E-state index contributed by atoms with van der Waals surface area (Å²) in [4.78, 5) is 18.2. The Balaban J connectivity index is 1.30. The molecule has 1 N–H and O–H groups in total. The van der Waals surface area contributed by atoms with E-state index >= 15 is 0 Å². The second-order valence-corrected chi connectivity index (χ2v) is 10.0. The molecule has 1 aromatic heterocycles. The lowest BCUT2D eigenvalue weighted by Gasteiger charge is -2.41. The molecule has 1 saturated carbocycles. The summed E-state index contributed by atoms with van der Waals surface area (Å²) in [6, 6.07) is 20.2. The highest BCUT2D eigenvalue weighted by atomic mass is 16.5. The number of piperidine rings is 1. The van der Waals surface area contributed by atoms with Gasteiger partial charge < -0.3 is 19.2 Å². The van der Waals surface area contributed by atoms with Gasteiger partial charge in [0, 0.05) is 18.6 Å². The number of benzene rings is 2. The number of amides is 1. The van der Waals surface area contributed by atoms with Crippen LogP contribution in [0.2, 0.25) is 0 Å². The monoisotopic (exact) mass is 488 g/mol. The van der Waals surface area contributed by atoms with E-state index in [1.54, 1.807) is 24.5 Å². The van der Waals surface area contributed by atoms with Crippen molar-refractivity contribution in [2.75, 3.05) is 19.7 Å². The zero-order valence-electron chi connectivity index (χ0n) is 21.0. The standard InChI is InChI=1S/C30H36N2O4/c1-2-35-29-20-23(10-13-27(29)33)21-31-16-14-24(15-17-31)26(19-22-7-4-3-5-8-22)32(25-11-12-25)30(34)28-9-6-18-36-28/h3-10,13,18,20,24-26,33H,2,11-12,14-17,19,21H2,1H3/t26-/m0/s1. The Morgan fingerprint density at radius 3 is 2.50 bits per heavy atom. The molecular weight excluding hydrogens is 452 g/mol. The number of carbonyl (C=O) groups excluding carboxylic acids is 1. The van der Waals surface area contributed by atoms with Crippen LogP contribution in [0.3, 0.4) is 0 Å². The molecule has 190 valence electrons. The Kier molecular flexibility index (Phi) is 7.61. The third-order valence-corrected chi connectivity index (χ3v) is 7.46. The molecule has 2 fully saturated rings. The fourth-order valence-corrected chi connectivity index (χ4v) is 5.50. The van der Waals surface area contributed by atoms with Gasteiger partial charge in [0.15, 0.2) is 17.3 Å². The van der Waals surface area contributed by atoms with Gasteiger partial charge in [0.05, 0.1) is 12.9 Å². The lowest BCUT2D eigenvalue weighted by atomic mass is 9.84. The number of hydrogen-bond acceptors (Lipinski definition) is 5. The van der Waals surface area contributed by atoms with Crippen LogP contribution in [-0.2, 0) is 13.0 Å². The molecular formula is C30H36N2O4. The first-order valence-electron chi connectivity index (χ1n) is 13.2. The van der Waals surface area contributed by atoms with E-state index in [-0.39, 0.29) is 17.7 Å². The van der Waals surface area contributed by atoms with Crippen molar-refractivity contribution < 1.29 is 19.1 Å². The maximum atomic E-state index is 13.6. The highest BCUT2D eigenvalue weighted by Crippen LogP contribution is 2.37. The fraction of sp³-hybridized carbons (Fsp3) is 0.433. The number of furan rings is 1. The van der Waals surface area contributed by atoms with E-state index in [1.165, 1.54) is 5.56 Å². The summed E-state index contributed by atoms with van der Waals surface area (Å²) < 4.78 is 11.1. The van der Waals surface area contributed by atoms with E-state index in [1.807, 2.05) is 25.1 Å². The molecule has 0 spiro atoms. The van der Waals surface area contributed by atoms with Crippen LogP contribution in [0.25, 0.3) is 0 Å². The SMILES string of the molecule is CCOc1cc(CN2CCC([C@H](Cc3ccccc3)N(C(=O)c3ccco3)C3CC3)CC2)ccc1O. The molecule has 36 heavy (non-hydrogen) atoms. The minimum absolute atomic E-state index is 0.0263. The average molecular weight is 489 g/mol. The van der Waals surface area contributed by atoms with Crippen molar-refractivity contribution in [3.05, 3.63) is 83.8 Å². The number of hydrogen-bond donors (Lipinski definition) is 1. The predicted octanol–water partition coefficient (Wildman–Crippen LogP) is 5.51. The molecule has 3 aromatic rings. The van der Waals surface area contributed by atoms with Crippen molar-refractivity contribution in [3.63, 3.8) is 0 Å². The molecule has 1 saturated heterocycles. The summed E-state index contributed by atoms with van der Waals surface area (Å²) >= 11 is 0. The number of ether oxygens (including phenoxy) is 1. The van der Waals surface area contributed by atoms with Crippen LogP contribution >= 0.6 is 0 Å². The first-order valence-corrected chi connectivity index (χ1v) is 13.2. The molecule has 2 heterocycles. The van der Waals surface area contributed by atoms with E-state index in [4.69, 9.17) is 9.15 Å². The summed E-state index contributed by atoms with van der Waals surface area (Å²) in [6.07, 6.45) is 6.68. The summed E-state index contributed by atoms with van der Waals surface area (Å²) in [5.74, 6) is 1.63. The number of phenols is 1. The lowest BCUT2D eigenvalue weighted by molar-refractivity contribution is 0.0454. The maximum Gasteiger partial charge on any atom is 0.290 e. The summed E-state index contributed by atoms with van der Waals surface area (Å²) in [7, 11) is 0. The first kappa shape index (κ1) is 24.4. The Labute approximate surface area is 213 Å². The quantitative estimate of drug-likeness (QED) is 0.408. The normalized spacial score (nSPS) is 17.6. The van der Waals surface area contributed by atoms with Gasteiger partial charge in [0.1, 0.15) is 0 Å². The van der Waals surface area contributed by atoms with Crippen molar-refractivity contribution in [1.29, 1.82) is 0 Å². The van der Waals surface area contributed by atoms with E-state index in [2.05, 4.69) is 34.1 Å². The average Bonchev–Trinajstić information content (AvgIpc) is 3.58. The molecule has 6 nitrogen and oxygen atoms in total. The van der Waals surface area contributed by atoms with E-state index in [0.717, 1.165) is 57.3 Å². The van der Waals surface area contributed by atoms with Gasteiger partial charge in [-0.2, -0.15) is 0 Å². The second-order valence-electron chi connectivity index (χ2n) is 10.0. The van der Waals surface area contributed by atoms with Crippen molar-refractivity contribution >= 4 is 5.91 Å². The Morgan fingerprint density at radius 2 is 1.83 bits per heavy atom. The number of phenolic OH excluding ortho intramolecular Hbond substituents is 1. The molecule has 6 heteroatoms. The zero-order valence-corrected chi connectivity index (χ0v) is 21.0. The van der Waals surface area contributed by atoms with Crippen molar-refractivity contribution in [3.8, 4) is 11.5 Å². The van der Waals surface area contributed by atoms with Gasteiger partial charge in [-0.1, -0.05) is 36.4 Å². The highest BCUT2D eigenvalue weighted by Gasteiger charge is 2.42. The molecule has 2 aromatic carbocycles. The molecule has 0 unspecified atom stereocenters. The topological polar surface area (TPSA) is 66.2 Å². The van der Waals surface area contributed by atoms with Crippen LogP contribution in [0.4, 0.5) is 0 Å². The van der Waals surface area contributed by atoms with E-state index in [0.29, 0.717) is 30.1 Å². The highest BCUT2D eigenvalue weighted by molar-refractivity contribution is 5.92. The number of carbonyl (C=O) groups is 1. The van der Waals surface area contributed by atoms with Crippen LogP contribution in [0.5, 0.6) is 11.5 Å². The van der Waals surface area contributed by atoms with Crippen molar-refractivity contribution in [2.24, 2.45) is 5.92 Å². The zero-order chi connectivity index (χ0) is 24.9. The second kappa shape index (κ2) is 11.2. The third kappa shape index (κ3) is 5.76. The third-order valence-electron chi connectivity index (χ3n) is 7.46. The molecule has 0 bridgehead atoms. The van der Waals surface area contributed by atoms with Crippen LogP contribution in [0.15, 0.2) is 71.3 Å². The van der Waals surface area contributed by atoms with Crippen LogP contribution in [-0.4, -0.2) is 52.6 Å². The summed E-state index contributed by atoms with van der Waals surface area (Å²) in [6.45, 7) is 5.24. The van der Waals surface area contributed by atoms with Crippen molar-refractivity contribution in [2.45, 2.75) is 57.7 Å². The Hall–Kier alpha value is -3.25. The van der Waals surface area contributed by atoms with Gasteiger partial charge in [0.2, 0.25) is 0 Å². The summed E-state index contributed by atoms with van der Waals surface area (Å²) in [5.41, 5.74) is 2.42. The fourth-order valence-electron chi connectivity index (χ4n) is 5.50. The van der Waals surface area contributed by atoms with Gasteiger partial charge >= 0.3 is 0 Å². The Bertz CT molecular complexity index is 1120. The van der Waals surface area contributed by atoms with Gasteiger partial charge in [-0.3, -0.25) is 9.69 Å². The largest absolute Gasteiger partial charge is 0.504 e. The maximum absolute atomic E-state index is 13.6. The van der Waals surface area contributed by atoms with Gasteiger partial charge in [-0.15, -0.1) is 0 Å². The smallest absolute Gasteiger partial charge is 0.290 e. The van der Waals surface area contributed by atoms with Crippen LogP contribution < -0.4 is 4.74 Å². The molecule has 1 aliphatic carbocycles. The summed E-state index contributed by atoms with van der Waals surface area (Å²) in [5, 5.41) is 10.0. The molecule has 0 radical (unpaired) electrons. The molecule has 5 rings (SSSR count). The number of rotatable bonds is 10. The Morgan fingerprint density at radius 1 is 1.06 bits per heavy atom. The molecule has 2 aliphatic rings. The first-order chi connectivity index (χ1) is 17.6. The van der Waals surface area contributed by atoms with E-state index < -0.39 is 0 Å². The molecule has 1 aliphatic heterocycles. The lowest BCUT2D eigenvalue weighted by Crippen LogP contribution is -2.50. The minimum Gasteiger partial charge on any atom is -0.504 e. The van der Waals surface area contributed by atoms with Gasteiger partial charge in [0.25, 0.3) is 5.91 Å². The van der Waals surface area contributed by atoms with Crippen molar-refractivity contribution in [1.82, 2.24) is 9.80 Å². The number of nitrogens with zero attached hydrogens (tertiary/aromatic N) is 2. The minimum atomic E-state index is 0.0263. The van der Waals surface area contributed by atoms with Gasteiger partial charge in [-0.05, 0) is 93.4 Å². The van der Waals surface area contributed by atoms with Gasteiger partial charge in [-0.25, -0.2) is 0 Å². The van der Waals surface area contributed by atoms with Crippen LogP contribution in [0, 0.1) is 5.92 Å². The predicted molar refractivity (Wildman–Crippen MR) is 139 cm³/mol.